The number of hydrogen-bond donors (Lipinski definition) is 1. The average Bonchev–Trinajstić information content (AvgIpc) is 2.75. The predicted octanol–water partition coefficient (Wildman–Crippen LogP) is 4.50. The summed E-state index contributed by atoms with van der Waals surface area (Å²) in [5.41, 5.74) is 2.14. The minimum atomic E-state index is -0.335. The number of aromatic nitrogens is 2. The molecule has 0 fully saturated rings. The molecule has 1 heterocycles. The summed E-state index contributed by atoms with van der Waals surface area (Å²) in [7, 11) is 0. The van der Waals surface area contributed by atoms with Crippen molar-refractivity contribution in [1.29, 1.82) is 0 Å². The zero-order valence-corrected chi connectivity index (χ0v) is 16.7. The van der Waals surface area contributed by atoms with Crippen LogP contribution in [-0.4, -0.2) is 29.0 Å². The number of carbonyl (C=O) groups is 1. The van der Waals surface area contributed by atoms with Crippen LogP contribution in [0.1, 0.15) is 41.5 Å². The van der Waals surface area contributed by atoms with Gasteiger partial charge >= 0.3 is 0 Å². The van der Waals surface area contributed by atoms with E-state index in [1.54, 1.807) is 0 Å². The molecule has 0 spiro atoms. The van der Waals surface area contributed by atoms with Crippen LogP contribution in [0.5, 0.6) is 0 Å². The average molecular weight is 395 g/mol. The number of hydrogen-bond acceptors (Lipinski definition) is 4. The first-order valence-electron chi connectivity index (χ1n) is 9.32. The summed E-state index contributed by atoms with van der Waals surface area (Å²) in [6.45, 7) is 5.52. The molecule has 144 valence electrons. The van der Waals surface area contributed by atoms with E-state index in [0.29, 0.717) is 5.95 Å². The lowest BCUT2D eigenvalue weighted by molar-refractivity contribution is 0.0938. The van der Waals surface area contributed by atoms with Crippen molar-refractivity contribution in [3.05, 3.63) is 88.7 Å². The molecule has 28 heavy (non-hydrogen) atoms. The Morgan fingerprint density at radius 2 is 1.54 bits per heavy atom. The van der Waals surface area contributed by atoms with E-state index >= 15 is 0 Å². The number of anilines is 1. The molecule has 1 N–H and O–H groups in total. The molecule has 3 aromatic rings. The van der Waals surface area contributed by atoms with Crippen molar-refractivity contribution in [3.8, 4) is 0 Å². The van der Waals surface area contributed by atoms with Gasteiger partial charge in [0.1, 0.15) is 0 Å². The molecule has 0 aliphatic heterocycles. The highest BCUT2D eigenvalue weighted by atomic mass is 35.5. The van der Waals surface area contributed by atoms with Crippen LogP contribution in [0.4, 0.5) is 5.95 Å². The van der Waals surface area contributed by atoms with Gasteiger partial charge in [0, 0.05) is 13.1 Å². The van der Waals surface area contributed by atoms with E-state index in [2.05, 4.69) is 15.3 Å². The SMILES string of the molecule is CCN(CC)c1ncc(Cl)c(C(=O)NC(c2ccccc2)c2ccccc2)n1. The topological polar surface area (TPSA) is 58.1 Å². The summed E-state index contributed by atoms with van der Waals surface area (Å²) in [5.74, 6) is 0.161. The number of halogens is 1. The lowest BCUT2D eigenvalue weighted by Crippen LogP contribution is -2.31. The molecule has 2 aromatic carbocycles. The number of rotatable bonds is 7. The smallest absolute Gasteiger partial charge is 0.272 e. The van der Waals surface area contributed by atoms with Crippen molar-refractivity contribution in [2.45, 2.75) is 19.9 Å². The van der Waals surface area contributed by atoms with Crippen molar-refractivity contribution in [3.63, 3.8) is 0 Å². The molecule has 0 aliphatic rings. The summed E-state index contributed by atoms with van der Waals surface area (Å²) < 4.78 is 0. The zero-order chi connectivity index (χ0) is 19.9. The third-order valence-corrected chi connectivity index (χ3v) is 4.81. The van der Waals surface area contributed by atoms with Gasteiger partial charge in [0.25, 0.3) is 5.91 Å². The van der Waals surface area contributed by atoms with E-state index in [1.165, 1.54) is 6.20 Å². The maximum atomic E-state index is 13.1. The van der Waals surface area contributed by atoms with Crippen LogP contribution in [0.3, 0.4) is 0 Å². The second-order valence-corrected chi connectivity index (χ2v) is 6.67. The molecule has 6 heteroatoms. The molecule has 3 rings (SSSR count). The standard InChI is InChI=1S/C22H23ClN4O/c1-3-27(4-2)22-24-15-18(23)20(26-22)21(28)25-19(16-11-7-5-8-12-16)17-13-9-6-10-14-17/h5-15,19H,3-4H2,1-2H3,(H,25,28). The first kappa shape index (κ1) is 19.8. The van der Waals surface area contributed by atoms with Crippen molar-refractivity contribution in [2.75, 3.05) is 18.0 Å². The van der Waals surface area contributed by atoms with E-state index in [1.807, 2.05) is 79.4 Å². The summed E-state index contributed by atoms with van der Waals surface area (Å²) in [6.07, 6.45) is 1.48. The fourth-order valence-corrected chi connectivity index (χ4v) is 3.20. The van der Waals surface area contributed by atoms with Crippen molar-refractivity contribution in [1.82, 2.24) is 15.3 Å². The Balaban J connectivity index is 1.94. The third-order valence-electron chi connectivity index (χ3n) is 4.53. The zero-order valence-electron chi connectivity index (χ0n) is 16.0. The van der Waals surface area contributed by atoms with E-state index < -0.39 is 0 Å². The fraction of sp³-hybridized carbons (Fsp3) is 0.227. The van der Waals surface area contributed by atoms with Gasteiger partial charge < -0.3 is 10.2 Å². The van der Waals surface area contributed by atoms with Gasteiger partial charge in [0.05, 0.1) is 17.3 Å². The minimum absolute atomic E-state index is 0.176. The first-order valence-corrected chi connectivity index (χ1v) is 9.70. The lowest BCUT2D eigenvalue weighted by Gasteiger charge is -2.21. The number of carbonyl (C=O) groups excluding carboxylic acids is 1. The molecule has 1 aromatic heterocycles. The molecule has 0 saturated heterocycles. The highest BCUT2D eigenvalue weighted by Gasteiger charge is 2.21. The van der Waals surface area contributed by atoms with E-state index in [9.17, 15) is 4.79 Å². The molecule has 0 atom stereocenters. The van der Waals surface area contributed by atoms with Gasteiger partial charge in [-0.15, -0.1) is 0 Å². The first-order chi connectivity index (χ1) is 13.6. The maximum Gasteiger partial charge on any atom is 0.272 e. The van der Waals surface area contributed by atoms with Crippen LogP contribution in [0.25, 0.3) is 0 Å². The maximum absolute atomic E-state index is 13.1. The van der Waals surface area contributed by atoms with Crippen molar-refractivity contribution in [2.24, 2.45) is 0 Å². The Labute approximate surface area is 170 Å². The number of nitrogens with zero attached hydrogens (tertiary/aromatic N) is 3. The molecule has 5 nitrogen and oxygen atoms in total. The van der Waals surface area contributed by atoms with E-state index in [0.717, 1.165) is 24.2 Å². The quantitative estimate of drug-likeness (QED) is 0.641. The van der Waals surface area contributed by atoms with Gasteiger partial charge in [-0.05, 0) is 25.0 Å². The van der Waals surface area contributed by atoms with E-state index in [-0.39, 0.29) is 22.7 Å². The minimum Gasteiger partial charge on any atom is -0.341 e. The normalized spacial score (nSPS) is 10.7. The number of amides is 1. The molecule has 0 unspecified atom stereocenters. The third kappa shape index (κ3) is 4.49. The van der Waals surface area contributed by atoms with Crippen molar-refractivity contribution >= 4 is 23.5 Å². The highest BCUT2D eigenvalue weighted by molar-refractivity contribution is 6.33. The summed E-state index contributed by atoms with van der Waals surface area (Å²) in [5, 5.41) is 3.31. The monoisotopic (exact) mass is 394 g/mol. The van der Waals surface area contributed by atoms with Crippen LogP contribution in [-0.2, 0) is 0 Å². The number of benzene rings is 2. The Morgan fingerprint density at radius 1 is 1.00 bits per heavy atom. The Bertz CT molecular complexity index is 875. The Kier molecular flexibility index (Phi) is 6.61. The largest absolute Gasteiger partial charge is 0.341 e. The summed E-state index contributed by atoms with van der Waals surface area (Å²) in [4.78, 5) is 23.7. The summed E-state index contributed by atoms with van der Waals surface area (Å²) >= 11 is 6.25. The van der Waals surface area contributed by atoms with Gasteiger partial charge in [-0.2, -0.15) is 0 Å². The number of nitrogens with one attached hydrogen (secondary N) is 1. The van der Waals surface area contributed by atoms with Gasteiger partial charge in [0.15, 0.2) is 5.69 Å². The van der Waals surface area contributed by atoms with Gasteiger partial charge in [-0.3, -0.25) is 4.79 Å². The second-order valence-electron chi connectivity index (χ2n) is 6.27. The molecule has 0 aliphatic carbocycles. The van der Waals surface area contributed by atoms with E-state index in [4.69, 9.17) is 11.6 Å². The Morgan fingerprint density at radius 3 is 2.04 bits per heavy atom. The molecule has 0 bridgehead atoms. The van der Waals surface area contributed by atoms with Gasteiger partial charge in [0.2, 0.25) is 5.95 Å². The second kappa shape index (κ2) is 9.33. The summed E-state index contributed by atoms with van der Waals surface area (Å²) in [6, 6.07) is 19.3. The molecular formula is C22H23ClN4O. The van der Waals surface area contributed by atoms with Crippen LogP contribution in [0, 0.1) is 0 Å². The van der Waals surface area contributed by atoms with Gasteiger partial charge in [-0.1, -0.05) is 72.3 Å². The fourth-order valence-electron chi connectivity index (χ4n) is 3.03. The lowest BCUT2D eigenvalue weighted by atomic mass is 9.98. The highest BCUT2D eigenvalue weighted by Crippen LogP contribution is 2.23. The molecule has 1 amide bonds. The Hall–Kier alpha value is -2.92. The van der Waals surface area contributed by atoms with Crippen molar-refractivity contribution < 1.29 is 4.79 Å². The predicted molar refractivity (Wildman–Crippen MR) is 113 cm³/mol. The van der Waals surface area contributed by atoms with Crippen LogP contribution in [0.15, 0.2) is 66.9 Å². The van der Waals surface area contributed by atoms with Gasteiger partial charge in [-0.25, -0.2) is 9.97 Å². The van der Waals surface area contributed by atoms with Crippen LogP contribution in [0.2, 0.25) is 5.02 Å². The molecular weight excluding hydrogens is 372 g/mol. The molecule has 0 radical (unpaired) electrons. The van der Waals surface area contributed by atoms with Crippen LogP contribution >= 0.6 is 11.6 Å². The molecule has 0 saturated carbocycles. The van der Waals surface area contributed by atoms with Crippen LogP contribution < -0.4 is 10.2 Å².